The summed E-state index contributed by atoms with van der Waals surface area (Å²) in [5.41, 5.74) is 0.0829. The van der Waals surface area contributed by atoms with Crippen LogP contribution in [-0.4, -0.2) is 17.4 Å². The Labute approximate surface area is 77.5 Å². The van der Waals surface area contributed by atoms with Gasteiger partial charge in [-0.05, 0) is 18.6 Å². The van der Waals surface area contributed by atoms with Gasteiger partial charge in [0.2, 0.25) is 0 Å². The molecule has 0 saturated carbocycles. The van der Waals surface area contributed by atoms with E-state index in [0.717, 1.165) is 12.2 Å². The maximum absolute atomic E-state index is 11.7. The van der Waals surface area contributed by atoms with E-state index >= 15 is 0 Å². The lowest BCUT2D eigenvalue weighted by Crippen LogP contribution is -2.15. The van der Waals surface area contributed by atoms with Crippen LogP contribution in [0.4, 0.5) is 13.2 Å². The third-order valence-electron chi connectivity index (χ3n) is 1.63. The molecule has 3 nitrogen and oxygen atoms in total. The van der Waals surface area contributed by atoms with Crippen molar-refractivity contribution in [3.8, 4) is 0 Å². The van der Waals surface area contributed by atoms with Crippen LogP contribution in [0.25, 0.3) is 0 Å². The molecule has 0 bridgehead atoms. The Morgan fingerprint density at radius 3 is 2.36 bits per heavy atom. The van der Waals surface area contributed by atoms with Crippen molar-refractivity contribution in [1.82, 2.24) is 0 Å². The van der Waals surface area contributed by atoms with Crippen molar-refractivity contribution in [2.24, 2.45) is 0 Å². The highest BCUT2D eigenvalue weighted by Crippen LogP contribution is 2.26. The highest BCUT2D eigenvalue weighted by Gasteiger charge is 2.32. The maximum Gasteiger partial charge on any atom is 0.572 e. The minimum Gasteiger partial charge on any atom is -0.478 e. The summed E-state index contributed by atoms with van der Waals surface area (Å²) in [7, 11) is 0. The Bertz CT molecular complexity index is 301. The Morgan fingerprint density at radius 1 is 1.36 bits per heavy atom. The molecule has 0 aromatic rings. The van der Waals surface area contributed by atoms with E-state index in [-0.39, 0.29) is 24.2 Å². The zero-order chi connectivity index (χ0) is 10.8. The number of aliphatic carboxylic acids is 1. The van der Waals surface area contributed by atoms with Gasteiger partial charge in [-0.15, -0.1) is 13.2 Å². The number of hydrogen-bond acceptors (Lipinski definition) is 2. The highest BCUT2D eigenvalue weighted by molar-refractivity contribution is 5.87. The molecule has 0 saturated heterocycles. The predicted molar refractivity (Wildman–Crippen MR) is 40.2 cm³/mol. The van der Waals surface area contributed by atoms with E-state index in [2.05, 4.69) is 4.74 Å². The van der Waals surface area contributed by atoms with Crippen LogP contribution in [0, 0.1) is 0 Å². The second kappa shape index (κ2) is 3.73. The molecule has 1 rings (SSSR count). The number of halogens is 3. The SMILES string of the molecule is O=C(O)C1=CC=C(OC(F)(F)F)CC1. The molecule has 0 spiro atoms. The number of alkyl halides is 3. The fourth-order valence-corrected chi connectivity index (χ4v) is 1.03. The van der Waals surface area contributed by atoms with Gasteiger partial charge in [0, 0.05) is 12.0 Å². The van der Waals surface area contributed by atoms with Crippen molar-refractivity contribution in [3.05, 3.63) is 23.5 Å². The van der Waals surface area contributed by atoms with Crippen LogP contribution in [0.1, 0.15) is 12.8 Å². The molecule has 0 unspecified atom stereocenters. The minimum atomic E-state index is -4.71. The predicted octanol–water partition coefficient (Wildman–Crippen LogP) is 2.21. The van der Waals surface area contributed by atoms with Crippen LogP contribution in [0.2, 0.25) is 0 Å². The van der Waals surface area contributed by atoms with Crippen LogP contribution in [0.15, 0.2) is 23.5 Å². The molecule has 0 aromatic carbocycles. The van der Waals surface area contributed by atoms with Gasteiger partial charge in [-0.1, -0.05) is 0 Å². The maximum atomic E-state index is 11.7. The Hall–Kier alpha value is -1.46. The van der Waals surface area contributed by atoms with Crippen LogP contribution < -0.4 is 0 Å². The Kier molecular flexibility index (Phi) is 2.83. The molecule has 0 aromatic heterocycles. The lowest BCUT2D eigenvalue weighted by atomic mass is 10.0. The summed E-state index contributed by atoms with van der Waals surface area (Å²) >= 11 is 0. The molecule has 14 heavy (non-hydrogen) atoms. The summed E-state index contributed by atoms with van der Waals surface area (Å²) in [6.45, 7) is 0. The van der Waals surface area contributed by atoms with Gasteiger partial charge < -0.3 is 9.84 Å². The number of carboxylic acids is 1. The second-order valence-electron chi connectivity index (χ2n) is 2.68. The number of carbonyl (C=O) groups is 1. The van der Waals surface area contributed by atoms with Gasteiger partial charge >= 0.3 is 12.3 Å². The summed E-state index contributed by atoms with van der Waals surface area (Å²) in [5, 5.41) is 8.50. The van der Waals surface area contributed by atoms with Gasteiger partial charge in [0.1, 0.15) is 5.76 Å². The molecule has 0 fully saturated rings. The zero-order valence-electron chi connectivity index (χ0n) is 6.97. The first-order valence-electron chi connectivity index (χ1n) is 3.77. The fraction of sp³-hybridized carbons (Fsp3) is 0.375. The van der Waals surface area contributed by atoms with E-state index in [1.165, 1.54) is 0 Å². The van der Waals surface area contributed by atoms with E-state index in [4.69, 9.17) is 5.11 Å². The Morgan fingerprint density at radius 2 is 2.00 bits per heavy atom. The summed E-state index contributed by atoms with van der Waals surface area (Å²) in [5.74, 6) is -1.38. The molecule has 0 heterocycles. The smallest absolute Gasteiger partial charge is 0.478 e. The molecule has 0 aliphatic heterocycles. The molecule has 78 valence electrons. The van der Waals surface area contributed by atoms with Crippen LogP contribution >= 0.6 is 0 Å². The van der Waals surface area contributed by atoms with Gasteiger partial charge in [0.25, 0.3) is 0 Å². The fourth-order valence-electron chi connectivity index (χ4n) is 1.03. The number of ether oxygens (including phenoxy) is 1. The summed E-state index contributed by atoms with van der Waals surface area (Å²) in [6, 6.07) is 0. The van der Waals surface area contributed by atoms with Crippen molar-refractivity contribution < 1.29 is 27.8 Å². The van der Waals surface area contributed by atoms with Gasteiger partial charge in [-0.2, -0.15) is 0 Å². The second-order valence-corrected chi connectivity index (χ2v) is 2.68. The minimum absolute atomic E-state index is 0.0440. The monoisotopic (exact) mass is 208 g/mol. The van der Waals surface area contributed by atoms with E-state index < -0.39 is 12.3 Å². The first-order valence-corrected chi connectivity index (χ1v) is 3.77. The molecule has 0 amide bonds. The van der Waals surface area contributed by atoms with E-state index in [1.807, 2.05) is 0 Å². The summed E-state index contributed by atoms with van der Waals surface area (Å²) in [6.07, 6.45) is -2.55. The van der Waals surface area contributed by atoms with E-state index in [9.17, 15) is 18.0 Å². The molecule has 1 aliphatic carbocycles. The molecule has 0 atom stereocenters. The van der Waals surface area contributed by atoms with Gasteiger partial charge in [0.15, 0.2) is 0 Å². The zero-order valence-corrected chi connectivity index (χ0v) is 6.97. The van der Waals surface area contributed by atoms with Crippen LogP contribution in [-0.2, 0) is 9.53 Å². The van der Waals surface area contributed by atoms with Gasteiger partial charge in [0.05, 0.1) is 0 Å². The first-order chi connectivity index (χ1) is 6.38. The van der Waals surface area contributed by atoms with Crippen LogP contribution in [0.3, 0.4) is 0 Å². The Balaban J connectivity index is 2.65. The van der Waals surface area contributed by atoms with Crippen molar-refractivity contribution in [2.75, 3.05) is 0 Å². The van der Waals surface area contributed by atoms with Crippen molar-refractivity contribution in [3.63, 3.8) is 0 Å². The normalized spacial score (nSPS) is 17.1. The number of allylic oxidation sites excluding steroid dienone is 3. The van der Waals surface area contributed by atoms with E-state index in [0.29, 0.717) is 0 Å². The van der Waals surface area contributed by atoms with Crippen LogP contribution in [0.5, 0.6) is 0 Å². The molecule has 6 heteroatoms. The number of hydrogen-bond donors (Lipinski definition) is 1. The summed E-state index contributed by atoms with van der Waals surface area (Å²) in [4.78, 5) is 10.4. The van der Waals surface area contributed by atoms with Gasteiger partial charge in [-0.25, -0.2) is 4.79 Å². The largest absolute Gasteiger partial charge is 0.572 e. The standard InChI is InChI=1S/C8H7F3O3/c9-8(10,11)14-6-3-1-5(2-4-6)7(12)13/h1,3H,2,4H2,(H,12,13). The summed E-state index contributed by atoms with van der Waals surface area (Å²) < 4.78 is 38.7. The quantitative estimate of drug-likeness (QED) is 0.756. The van der Waals surface area contributed by atoms with Crippen molar-refractivity contribution >= 4 is 5.97 Å². The molecule has 1 N–H and O–H groups in total. The van der Waals surface area contributed by atoms with Crippen molar-refractivity contribution in [1.29, 1.82) is 0 Å². The first kappa shape index (κ1) is 10.6. The van der Waals surface area contributed by atoms with E-state index in [1.54, 1.807) is 0 Å². The lowest BCUT2D eigenvalue weighted by molar-refractivity contribution is -0.306. The molecular weight excluding hydrogens is 201 g/mol. The topological polar surface area (TPSA) is 46.5 Å². The molecule has 1 aliphatic rings. The third kappa shape index (κ3) is 3.12. The average molecular weight is 208 g/mol. The molecular formula is C8H7F3O3. The van der Waals surface area contributed by atoms with Gasteiger partial charge in [-0.3, -0.25) is 0 Å². The third-order valence-corrected chi connectivity index (χ3v) is 1.63. The van der Waals surface area contributed by atoms with Crippen molar-refractivity contribution in [2.45, 2.75) is 19.2 Å². The highest BCUT2D eigenvalue weighted by atomic mass is 19.4. The molecule has 0 radical (unpaired) electrons. The number of carboxylic acid groups (broad SMARTS) is 1. The lowest BCUT2D eigenvalue weighted by Gasteiger charge is -2.14. The number of rotatable bonds is 2. The average Bonchev–Trinajstić information content (AvgIpc) is 2.02.